The molecule has 0 radical (unpaired) electrons. The van der Waals surface area contributed by atoms with E-state index < -0.39 is 25.0 Å². The lowest BCUT2D eigenvalue weighted by Gasteiger charge is -2.29. The quantitative estimate of drug-likeness (QED) is 0.219. The minimum absolute atomic E-state index is 0.0799. The van der Waals surface area contributed by atoms with Crippen molar-refractivity contribution in [3.8, 4) is 34.5 Å². The number of carboxylic acid groups (broad SMARTS) is 1. The van der Waals surface area contributed by atoms with Crippen LogP contribution in [0.15, 0.2) is 36.4 Å². The average Bonchev–Trinajstić information content (AvgIpc) is 2.83. The largest absolute Gasteiger partial charge is 0.495 e. The molecule has 0 heterocycles. The fourth-order valence-electron chi connectivity index (χ4n) is 2.87. The number of rotatable bonds is 14. The minimum atomic E-state index is -1.85. The number of ether oxygens (including phenoxy) is 6. The fraction of sp³-hybridized carbons (Fsp3) is 0.381. The summed E-state index contributed by atoms with van der Waals surface area (Å²) in [5.41, 5.74) is -1.85. The summed E-state index contributed by atoms with van der Waals surface area (Å²) in [5, 5.41) is 12.6. The molecular formula is C21H26ClNO8PS+. The molecule has 12 heteroatoms. The number of hydrogen-bond donors (Lipinski definition) is 2. The van der Waals surface area contributed by atoms with Crippen molar-refractivity contribution in [2.24, 2.45) is 0 Å². The smallest absolute Gasteiger partial charge is 0.493 e. The predicted molar refractivity (Wildman–Crippen MR) is 129 cm³/mol. The van der Waals surface area contributed by atoms with Crippen molar-refractivity contribution in [1.82, 2.24) is 5.32 Å². The van der Waals surface area contributed by atoms with Crippen molar-refractivity contribution in [1.29, 1.82) is 0 Å². The van der Waals surface area contributed by atoms with Gasteiger partial charge in [-0.3, -0.25) is 4.79 Å². The van der Waals surface area contributed by atoms with E-state index in [1.165, 1.54) is 28.4 Å². The summed E-state index contributed by atoms with van der Waals surface area (Å²) in [6, 6.07) is 8.93. The molecule has 2 N–H and O–H groups in total. The molecule has 0 bridgehead atoms. The molecular weight excluding hydrogens is 493 g/mol. The van der Waals surface area contributed by atoms with E-state index in [-0.39, 0.29) is 23.8 Å². The van der Waals surface area contributed by atoms with E-state index in [1.807, 2.05) is 0 Å². The summed E-state index contributed by atoms with van der Waals surface area (Å²) in [6.45, 7) is 0. The van der Waals surface area contributed by atoms with E-state index in [0.29, 0.717) is 23.0 Å². The van der Waals surface area contributed by atoms with Crippen molar-refractivity contribution in [2.75, 3.05) is 34.3 Å². The maximum absolute atomic E-state index is 11.9. The van der Waals surface area contributed by atoms with Gasteiger partial charge in [0.1, 0.15) is 6.04 Å². The van der Waals surface area contributed by atoms with Gasteiger partial charge >= 0.3 is 11.6 Å². The molecule has 2 rings (SSSR count). The van der Waals surface area contributed by atoms with Gasteiger partial charge in [-0.05, 0) is 30.7 Å². The molecule has 0 saturated carbocycles. The van der Waals surface area contributed by atoms with Crippen LogP contribution < -0.4 is 33.7 Å². The van der Waals surface area contributed by atoms with Gasteiger partial charge in [0.25, 0.3) is 7.36 Å². The molecule has 0 aliphatic carbocycles. The number of benzene rings is 2. The van der Waals surface area contributed by atoms with E-state index in [1.54, 1.807) is 36.4 Å². The van der Waals surface area contributed by atoms with Gasteiger partial charge in [0.2, 0.25) is 11.5 Å². The predicted octanol–water partition coefficient (Wildman–Crippen LogP) is 3.60. The minimum Gasteiger partial charge on any atom is -0.493 e. The first-order chi connectivity index (χ1) is 15.9. The van der Waals surface area contributed by atoms with E-state index in [0.717, 1.165) is 0 Å². The molecule has 0 aromatic heterocycles. The maximum atomic E-state index is 11.9. The monoisotopic (exact) mass is 518 g/mol. The van der Waals surface area contributed by atoms with Gasteiger partial charge in [0.15, 0.2) is 34.8 Å². The number of methoxy groups -OCH3 is 4. The van der Waals surface area contributed by atoms with Gasteiger partial charge in [-0.2, -0.15) is 5.32 Å². The van der Waals surface area contributed by atoms with Crippen LogP contribution in [0.1, 0.15) is 6.42 Å². The van der Waals surface area contributed by atoms with Gasteiger partial charge in [-0.25, -0.2) is 0 Å². The molecule has 2 unspecified atom stereocenters. The summed E-state index contributed by atoms with van der Waals surface area (Å²) in [5.74, 6) is 0.563. The third-order valence-corrected chi connectivity index (χ3v) is 6.09. The highest BCUT2D eigenvalue weighted by Gasteiger charge is 2.48. The zero-order chi connectivity index (χ0) is 24.4. The first-order valence-electron chi connectivity index (χ1n) is 9.64. The Hall–Kier alpha value is -2.52. The van der Waals surface area contributed by atoms with Gasteiger partial charge in [0, 0.05) is 5.88 Å². The second-order valence-electron chi connectivity index (χ2n) is 6.42. The zero-order valence-corrected chi connectivity index (χ0v) is 21.1. The van der Waals surface area contributed by atoms with Crippen LogP contribution in [-0.2, 0) is 16.6 Å². The molecule has 33 heavy (non-hydrogen) atoms. The number of aliphatic carboxylic acids is 1. The number of carbonyl (C=O) groups is 1. The lowest BCUT2D eigenvalue weighted by molar-refractivity contribution is -0.144. The Labute approximate surface area is 203 Å². The van der Waals surface area contributed by atoms with Gasteiger partial charge in [-0.15, -0.1) is 11.6 Å². The number of alkyl halides is 1. The molecule has 2 atom stereocenters. The Balaban J connectivity index is 2.67. The molecule has 2 aromatic carbocycles. The second-order valence-corrected chi connectivity index (χ2v) is 8.27. The summed E-state index contributed by atoms with van der Waals surface area (Å²) in [6.07, 6.45) is 0.0806. The Bertz CT molecular complexity index is 862. The van der Waals surface area contributed by atoms with Crippen LogP contribution in [0, 0.1) is 0 Å². The molecule has 0 aliphatic rings. The highest BCUT2D eigenvalue weighted by molar-refractivity contribution is 7.97. The fourth-order valence-corrected chi connectivity index (χ4v) is 4.04. The Morgan fingerprint density at radius 3 is 1.64 bits per heavy atom. The first-order valence-corrected chi connectivity index (χ1v) is 12.3. The van der Waals surface area contributed by atoms with E-state index in [9.17, 15) is 9.90 Å². The Morgan fingerprint density at radius 2 is 1.36 bits per heavy atom. The van der Waals surface area contributed by atoms with Gasteiger partial charge in [0.05, 0.1) is 28.4 Å². The van der Waals surface area contributed by atoms with Crippen molar-refractivity contribution in [2.45, 2.75) is 18.1 Å². The second kappa shape index (κ2) is 12.6. The highest BCUT2D eigenvalue weighted by Crippen LogP contribution is 2.45. The van der Waals surface area contributed by atoms with Crippen molar-refractivity contribution in [3.05, 3.63) is 36.4 Å². The number of halogens is 1. The number of hydrogen-bond acceptors (Lipinski definition) is 9. The third kappa shape index (κ3) is 6.51. The molecule has 0 spiro atoms. The van der Waals surface area contributed by atoms with Crippen LogP contribution in [0.3, 0.4) is 0 Å². The lowest BCUT2D eigenvalue weighted by Crippen LogP contribution is -2.57. The van der Waals surface area contributed by atoms with Crippen LogP contribution in [0.2, 0.25) is 0 Å². The normalized spacial score (nSPS) is 12.0. The van der Waals surface area contributed by atoms with Gasteiger partial charge < -0.3 is 33.5 Å². The Kier molecular flexibility index (Phi) is 10.2. The van der Waals surface area contributed by atoms with Gasteiger partial charge in [-0.1, -0.05) is 12.1 Å². The summed E-state index contributed by atoms with van der Waals surface area (Å²) in [7, 11) is 5.30. The van der Waals surface area contributed by atoms with Crippen molar-refractivity contribution < 1.29 is 38.3 Å². The molecule has 0 saturated heterocycles. The van der Waals surface area contributed by atoms with Crippen molar-refractivity contribution in [3.63, 3.8) is 0 Å². The number of para-hydroxylation sites is 2. The lowest BCUT2D eigenvalue weighted by atomic mass is 10.2. The topological polar surface area (TPSA) is 105 Å². The highest BCUT2D eigenvalue weighted by atomic mass is 35.5. The summed E-state index contributed by atoms with van der Waals surface area (Å²) in [4.78, 5) is 11.9. The van der Waals surface area contributed by atoms with E-state index in [2.05, 4.69) is 5.32 Å². The first kappa shape index (κ1) is 26.7. The SMILES string of the molecule is COc1cccc(OC)c1OC(NC(CCCl)C(=O)O)(Oc1c(OC)cccc1OC)[PH+]=S. The molecule has 0 fully saturated rings. The van der Waals surface area contributed by atoms with Crippen LogP contribution >= 0.6 is 19.0 Å². The summed E-state index contributed by atoms with van der Waals surface area (Å²) >= 11 is 11.3. The van der Waals surface area contributed by atoms with Crippen LogP contribution in [0.4, 0.5) is 0 Å². The van der Waals surface area contributed by atoms with Crippen LogP contribution in [0.5, 0.6) is 34.5 Å². The molecule has 9 nitrogen and oxygen atoms in total. The summed E-state index contributed by atoms with van der Waals surface area (Å²) < 4.78 is 34.1. The molecule has 0 aliphatic heterocycles. The van der Waals surface area contributed by atoms with Crippen molar-refractivity contribution >= 4 is 36.7 Å². The molecule has 2 aromatic rings. The van der Waals surface area contributed by atoms with E-state index >= 15 is 0 Å². The zero-order valence-electron chi connectivity index (χ0n) is 18.5. The van der Waals surface area contributed by atoms with E-state index in [4.69, 9.17) is 51.8 Å². The molecule has 180 valence electrons. The third-order valence-electron chi connectivity index (χ3n) is 4.45. The number of nitrogens with one attached hydrogen (secondary N) is 1. The number of carboxylic acids is 1. The van der Waals surface area contributed by atoms with Crippen LogP contribution in [-0.4, -0.2) is 57.1 Å². The molecule has 0 amide bonds. The standard InChI is InChI=1S/C21H25ClNO8PS/c1-26-14-7-5-8-15(27-2)18(14)30-21(32-33,23-13(11-12-22)20(24)25)31-19-16(28-3)9-6-10-17(19)29-4/h5-10,13,23H,11-12H2,1-4H3,(H,24,25)/p+1. The Morgan fingerprint density at radius 1 is 0.970 bits per heavy atom. The maximum Gasteiger partial charge on any atom is 0.495 e. The average molecular weight is 519 g/mol. The van der Waals surface area contributed by atoms with Crippen LogP contribution in [0.25, 0.3) is 0 Å².